The van der Waals surface area contributed by atoms with Gasteiger partial charge in [0, 0.05) is 34.7 Å². The van der Waals surface area contributed by atoms with Gasteiger partial charge < -0.3 is 9.47 Å². The van der Waals surface area contributed by atoms with Gasteiger partial charge in [-0.1, -0.05) is 56.7 Å². The third-order valence-electron chi connectivity index (χ3n) is 6.48. The maximum absolute atomic E-state index is 13.5. The van der Waals surface area contributed by atoms with Gasteiger partial charge in [-0.25, -0.2) is 0 Å². The molecule has 0 spiro atoms. The Labute approximate surface area is 161 Å². The molecule has 1 aromatic heterocycles. The van der Waals surface area contributed by atoms with Crippen LogP contribution in [0.15, 0.2) is 30.5 Å². The Kier molecular flexibility index (Phi) is 5.61. The highest BCUT2D eigenvalue weighted by molar-refractivity contribution is 5.98. The smallest absolute Gasteiger partial charge is 0.243 e. The van der Waals surface area contributed by atoms with Gasteiger partial charge in [-0.2, -0.15) is 0 Å². The Balaban J connectivity index is 1.60. The van der Waals surface area contributed by atoms with Gasteiger partial charge in [0.05, 0.1) is 0 Å². The first-order valence-electron chi connectivity index (χ1n) is 10.6. The second kappa shape index (κ2) is 8.28. The summed E-state index contributed by atoms with van der Waals surface area (Å²) >= 11 is 0. The lowest BCUT2D eigenvalue weighted by Crippen LogP contribution is -2.49. The second-order valence-electron chi connectivity index (χ2n) is 8.23. The minimum Gasteiger partial charge on any atom is -0.337 e. The van der Waals surface area contributed by atoms with Crippen LogP contribution in [0.2, 0.25) is 0 Å². The van der Waals surface area contributed by atoms with Crippen LogP contribution in [0.3, 0.4) is 0 Å². The summed E-state index contributed by atoms with van der Waals surface area (Å²) in [6.45, 7) is 0.335. The Bertz CT molecular complexity index is 780. The molecule has 2 fully saturated rings. The van der Waals surface area contributed by atoms with Gasteiger partial charge in [-0.05, 0) is 31.7 Å². The van der Waals surface area contributed by atoms with Gasteiger partial charge in [0.25, 0.3) is 0 Å². The van der Waals surface area contributed by atoms with Crippen LogP contribution >= 0.6 is 0 Å². The second-order valence-corrected chi connectivity index (χ2v) is 8.23. The van der Waals surface area contributed by atoms with Crippen molar-refractivity contribution in [2.24, 2.45) is 0 Å². The lowest BCUT2D eigenvalue weighted by molar-refractivity contribution is -0.138. The number of nitrogens with zero attached hydrogens (tertiary/aromatic N) is 2. The number of aldehydes is 1. The van der Waals surface area contributed by atoms with Crippen molar-refractivity contribution in [3.8, 4) is 0 Å². The lowest BCUT2D eigenvalue weighted by atomic mass is 9.88. The number of amides is 1. The van der Waals surface area contributed by atoms with Crippen LogP contribution in [-0.4, -0.2) is 33.7 Å². The van der Waals surface area contributed by atoms with E-state index in [-0.39, 0.29) is 5.91 Å². The zero-order chi connectivity index (χ0) is 18.6. The minimum absolute atomic E-state index is 0.229. The lowest BCUT2D eigenvalue weighted by Gasteiger charge is -2.42. The van der Waals surface area contributed by atoms with Crippen LogP contribution < -0.4 is 0 Å². The van der Waals surface area contributed by atoms with E-state index in [1.165, 1.54) is 38.5 Å². The Morgan fingerprint density at radius 3 is 2.15 bits per heavy atom. The summed E-state index contributed by atoms with van der Waals surface area (Å²) in [4.78, 5) is 27.2. The Morgan fingerprint density at radius 1 is 0.963 bits per heavy atom. The van der Waals surface area contributed by atoms with Crippen LogP contribution in [0.25, 0.3) is 10.9 Å². The van der Waals surface area contributed by atoms with E-state index in [9.17, 15) is 9.59 Å². The maximum Gasteiger partial charge on any atom is 0.243 e. The van der Waals surface area contributed by atoms with E-state index in [0.717, 1.165) is 42.9 Å². The number of fused-ring (bicyclic) bond motifs is 1. The molecule has 0 radical (unpaired) electrons. The molecule has 27 heavy (non-hydrogen) atoms. The molecule has 1 heterocycles. The van der Waals surface area contributed by atoms with Gasteiger partial charge in [0.1, 0.15) is 6.54 Å². The zero-order valence-electron chi connectivity index (χ0n) is 16.1. The predicted molar refractivity (Wildman–Crippen MR) is 108 cm³/mol. The highest BCUT2D eigenvalue weighted by Gasteiger charge is 2.32. The molecular formula is C23H30N2O2. The average molecular weight is 367 g/mol. The maximum atomic E-state index is 13.5. The number of hydrogen-bond acceptors (Lipinski definition) is 2. The molecular weight excluding hydrogens is 336 g/mol. The molecule has 0 bridgehead atoms. The van der Waals surface area contributed by atoms with E-state index in [1.807, 2.05) is 35.0 Å². The van der Waals surface area contributed by atoms with Crippen molar-refractivity contribution in [1.82, 2.24) is 9.47 Å². The number of rotatable bonds is 5. The molecule has 4 nitrogen and oxygen atoms in total. The van der Waals surface area contributed by atoms with Crippen LogP contribution in [0.5, 0.6) is 0 Å². The van der Waals surface area contributed by atoms with Crippen molar-refractivity contribution >= 4 is 23.1 Å². The highest BCUT2D eigenvalue weighted by atomic mass is 16.2. The van der Waals surface area contributed by atoms with E-state index in [2.05, 4.69) is 4.90 Å². The topological polar surface area (TPSA) is 42.3 Å². The molecule has 0 aliphatic heterocycles. The van der Waals surface area contributed by atoms with E-state index in [1.54, 1.807) is 0 Å². The fourth-order valence-corrected chi connectivity index (χ4v) is 5.15. The van der Waals surface area contributed by atoms with Crippen LogP contribution in [0.1, 0.15) is 74.6 Å². The SMILES string of the molecule is O=Cc1cn(CC(=O)N(C2CCCCC2)C2CCCCC2)c2ccccc12. The van der Waals surface area contributed by atoms with Crippen molar-refractivity contribution in [2.45, 2.75) is 82.8 Å². The molecule has 2 aliphatic carbocycles. The van der Waals surface area contributed by atoms with Gasteiger partial charge in [-0.3, -0.25) is 9.59 Å². The summed E-state index contributed by atoms with van der Waals surface area (Å²) < 4.78 is 1.97. The van der Waals surface area contributed by atoms with Crippen molar-refractivity contribution in [3.05, 3.63) is 36.0 Å². The van der Waals surface area contributed by atoms with Crippen LogP contribution in [0, 0.1) is 0 Å². The number of carbonyl (C=O) groups is 2. The van der Waals surface area contributed by atoms with E-state index < -0.39 is 0 Å². The monoisotopic (exact) mass is 366 g/mol. The number of benzene rings is 1. The summed E-state index contributed by atoms with van der Waals surface area (Å²) in [5.41, 5.74) is 1.64. The first-order valence-corrected chi connectivity index (χ1v) is 10.6. The molecule has 0 atom stereocenters. The normalized spacial score (nSPS) is 19.3. The summed E-state index contributed by atoms with van der Waals surface area (Å²) in [7, 11) is 0. The fourth-order valence-electron chi connectivity index (χ4n) is 5.15. The Morgan fingerprint density at radius 2 is 1.56 bits per heavy atom. The van der Waals surface area contributed by atoms with Gasteiger partial charge >= 0.3 is 0 Å². The summed E-state index contributed by atoms with van der Waals surface area (Å²) in [5.74, 6) is 0.229. The number of aromatic nitrogens is 1. The molecule has 4 rings (SSSR count). The largest absolute Gasteiger partial charge is 0.337 e. The summed E-state index contributed by atoms with van der Waals surface area (Å²) in [6.07, 6.45) is 14.9. The molecule has 1 amide bonds. The Hall–Kier alpha value is -2.10. The first-order chi connectivity index (χ1) is 13.3. The van der Waals surface area contributed by atoms with Crippen molar-refractivity contribution in [2.75, 3.05) is 0 Å². The van der Waals surface area contributed by atoms with Crippen molar-refractivity contribution in [1.29, 1.82) is 0 Å². The van der Waals surface area contributed by atoms with Gasteiger partial charge in [0.15, 0.2) is 6.29 Å². The molecule has 1 aromatic carbocycles. The third kappa shape index (κ3) is 3.80. The molecule has 0 saturated heterocycles. The molecule has 2 saturated carbocycles. The van der Waals surface area contributed by atoms with E-state index in [4.69, 9.17) is 0 Å². The molecule has 0 unspecified atom stereocenters. The number of hydrogen-bond donors (Lipinski definition) is 0. The van der Waals surface area contributed by atoms with Gasteiger partial charge in [0.2, 0.25) is 5.91 Å². The van der Waals surface area contributed by atoms with Crippen LogP contribution in [0.4, 0.5) is 0 Å². The first kappa shape index (κ1) is 18.3. The van der Waals surface area contributed by atoms with Gasteiger partial charge in [-0.15, -0.1) is 0 Å². The molecule has 144 valence electrons. The van der Waals surface area contributed by atoms with Crippen molar-refractivity contribution < 1.29 is 9.59 Å². The zero-order valence-corrected chi connectivity index (χ0v) is 16.1. The fraction of sp³-hybridized carbons (Fsp3) is 0.565. The van der Waals surface area contributed by atoms with E-state index >= 15 is 0 Å². The highest BCUT2D eigenvalue weighted by Crippen LogP contribution is 2.31. The third-order valence-corrected chi connectivity index (χ3v) is 6.48. The molecule has 0 N–H and O–H groups in total. The standard InChI is InChI=1S/C23H30N2O2/c26-17-18-15-24(22-14-8-7-13-21(18)22)16-23(27)25(19-9-3-1-4-10-19)20-11-5-2-6-12-20/h7-8,13-15,17,19-20H,1-6,9-12,16H2. The van der Waals surface area contributed by atoms with E-state index in [0.29, 0.717) is 24.2 Å². The van der Waals surface area contributed by atoms with Crippen LogP contribution in [-0.2, 0) is 11.3 Å². The molecule has 2 aromatic rings. The number of carbonyl (C=O) groups excluding carboxylic acids is 2. The predicted octanol–water partition coefficient (Wildman–Crippen LogP) is 4.95. The summed E-state index contributed by atoms with van der Waals surface area (Å²) in [6, 6.07) is 8.68. The quantitative estimate of drug-likeness (QED) is 0.703. The molecule has 4 heteroatoms. The number of para-hydroxylation sites is 1. The summed E-state index contributed by atoms with van der Waals surface area (Å²) in [5, 5.41) is 0.933. The average Bonchev–Trinajstić information content (AvgIpc) is 3.07. The molecule has 2 aliphatic rings. The van der Waals surface area contributed by atoms with Crippen molar-refractivity contribution in [3.63, 3.8) is 0 Å². The minimum atomic E-state index is 0.229.